The lowest BCUT2D eigenvalue weighted by Gasteiger charge is -2.16. The number of nitrogens with two attached hydrogens (primary N) is 1. The van der Waals surface area contributed by atoms with E-state index in [1.807, 2.05) is 24.3 Å². The molecule has 1 atom stereocenters. The van der Waals surface area contributed by atoms with Gasteiger partial charge in [-0.3, -0.25) is 4.79 Å². The van der Waals surface area contributed by atoms with Crippen LogP contribution < -0.4 is 10.5 Å². The van der Waals surface area contributed by atoms with Gasteiger partial charge in [0.15, 0.2) is 0 Å². The molecule has 0 saturated carbocycles. The van der Waals surface area contributed by atoms with Crippen LogP contribution in [0, 0.1) is 11.7 Å². The molecule has 0 aromatic heterocycles. The monoisotopic (exact) mass is 435 g/mol. The summed E-state index contributed by atoms with van der Waals surface area (Å²) in [6.07, 6.45) is 0.745. The van der Waals surface area contributed by atoms with Crippen molar-refractivity contribution < 1.29 is 19.0 Å². The Morgan fingerprint density at radius 2 is 1.75 bits per heavy atom. The molecule has 4 nitrogen and oxygen atoms in total. The van der Waals surface area contributed by atoms with Crippen molar-refractivity contribution in [2.45, 2.75) is 46.3 Å². The molecule has 3 aromatic rings. The van der Waals surface area contributed by atoms with Gasteiger partial charge in [0.05, 0.1) is 6.42 Å². The molecule has 168 valence electrons. The number of rotatable bonds is 9. The van der Waals surface area contributed by atoms with E-state index in [1.165, 1.54) is 0 Å². The average molecular weight is 436 g/mol. The Morgan fingerprint density at radius 1 is 1.03 bits per heavy atom. The van der Waals surface area contributed by atoms with E-state index in [9.17, 15) is 4.79 Å². The van der Waals surface area contributed by atoms with Crippen molar-refractivity contribution in [2.24, 2.45) is 11.7 Å². The molecular formula is C27H30FNO3. The molecular weight excluding hydrogens is 405 g/mol. The summed E-state index contributed by atoms with van der Waals surface area (Å²) in [5.74, 6) is -0.235. The molecule has 0 radical (unpaired) electrons. The fourth-order valence-electron chi connectivity index (χ4n) is 3.83. The van der Waals surface area contributed by atoms with E-state index in [1.54, 1.807) is 37.3 Å². The van der Waals surface area contributed by atoms with Crippen LogP contribution in [0.3, 0.4) is 0 Å². The Labute approximate surface area is 188 Å². The number of aliphatic carboxylic acids is 1. The lowest BCUT2D eigenvalue weighted by Crippen LogP contribution is -2.08. The molecule has 0 amide bonds. The quantitative estimate of drug-likeness (QED) is 0.438. The molecule has 0 fully saturated rings. The predicted molar refractivity (Wildman–Crippen MR) is 125 cm³/mol. The zero-order valence-corrected chi connectivity index (χ0v) is 18.8. The van der Waals surface area contributed by atoms with Crippen LogP contribution in [0.5, 0.6) is 5.75 Å². The maximum atomic E-state index is 15.2. The molecule has 0 unspecified atom stereocenters. The first-order valence-corrected chi connectivity index (χ1v) is 10.8. The van der Waals surface area contributed by atoms with E-state index in [0.29, 0.717) is 28.4 Å². The van der Waals surface area contributed by atoms with Crippen molar-refractivity contribution in [3.05, 3.63) is 88.7 Å². The summed E-state index contributed by atoms with van der Waals surface area (Å²) in [5.41, 5.74) is 10.3. The van der Waals surface area contributed by atoms with Crippen LogP contribution in [0.2, 0.25) is 0 Å². The highest BCUT2D eigenvalue weighted by atomic mass is 19.1. The van der Waals surface area contributed by atoms with Gasteiger partial charge in [0.1, 0.15) is 18.2 Å². The predicted octanol–water partition coefficient (Wildman–Crippen LogP) is 5.92. The van der Waals surface area contributed by atoms with E-state index in [2.05, 4.69) is 19.9 Å². The van der Waals surface area contributed by atoms with Gasteiger partial charge in [-0.1, -0.05) is 62.4 Å². The number of halogens is 1. The van der Waals surface area contributed by atoms with Crippen molar-refractivity contribution in [3.8, 4) is 16.9 Å². The number of hydrogen-bond donors (Lipinski definition) is 2. The van der Waals surface area contributed by atoms with Crippen LogP contribution in [-0.2, 0) is 24.2 Å². The van der Waals surface area contributed by atoms with Gasteiger partial charge in [0.25, 0.3) is 0 Å². The van der Waals surface area contributed by atoms with Crippen LogP contribution in [0.4, 0.5) is 4.39 Å². The number of hydrogen-bond acceptors (Lipinski definition) is 3. The van der Waals surface area contributed by atoms with Crippen LogP contribution in [-0.4, -0.2) is 11.1 Å². The largest absolute Gasteiger partial charge is 0.489 e. The Balaban J connectivity index is 1.96. The number of carboxylic acid groups (broad SMARTS) is 1. The molecule has 0 aliphatic carbocycles. The maximum absolute atomic E-state index is 15.2. The molecule has 5 heteroatoms. The zero-order valence-electron chi connectivity index (χ0n) is 18.8. The fraction of sp³-hybridized carbons (Fsp3) is 0.296. The van der Waals surface area contributed by atoms with Gasteiger partial charge in [-0.15, -0.1) is 0 Å². The van der Waals surface area contributed by atoms with E-state index in [4.69, 9.17) is 15.6 Å². The van der Waals surface area contributed by atoms with Gasteiger partial charge in [0.2, 0.25) is 0 Å². The number of carbonyl (C=O) groups is 1. The number of carboxylic acids is 1. The summed E-state index contributed by atoms with van der Waals surface area (Å²) in [6.45, 7) is 6.31. The first-order valence-electron chi connectivity index (χ1n) is 10.8. The number of benzene rings is 3. The van der Waals surface area contributed by atoms with E-state index < -0.39 is 12.0 Å². The second kappa shape index (κ2) is 10.4. The molecule has 0 heterocycles. The third-order valence-corrected chi connectivity index (χ3v) is 5.24. The summed E-state index contributed by atoms with van der Waals surface area (Å²) in [5, 5.41) is 9.15. The summed E-state index contributed by atoms with van der Waals surface area (Å²) in [7, 11) is 0. The normalized spacial score (nSPS) is 12.1. The Kier molecular flexibility index (Phi) is 7.65. The van der Waals surface area contributed by atoms with E-state index in [0.717, 1.165) is 23.1 Å². The maximum Gasteiger partial charge on any atom is 0.307 e. The summed E-state index contributed by atoms with van der Waals surface area (Å²) in [4.78, 5) is 11.2. The summed E-state index contributed by atoms with van der Waals surface area (Å²) in [6, 6.07) is 18.0. The van der Waals surface area contributed by atoms with Crippen LogP contribution >= 0.6 is 0 Å². The number of ether oxygens (including phenoxy) is 1. The van der Waals surface area contributed by atoms with Crippen LogP contribution in [0.15, 0.2) is 60.7 Å². The van der Waals surface area contributed by atoms with Gasteiger partial charge >= 0.3 is 5.97 Å². The standard InChI is InChI=1S/C27H30FNO3/c1-17(2)11-19-12-20(16-32-25-10-5-4-7-21(25)15-26(30)31)14-22(13-19)24-9-6-8-23(18(3)29)27(24)28/h4-10,12-14,17-18H,11,15-16,29H2,1-3H3,(H,30,31)/t18-/m1/s1. The topological polar surface area (TPSA) is 72.5 Å². The molecule has 0 bridgehead atoms. The molecule has 0 saturated heterocycles. The Hall–Kier alpha value is -3.18. The third kappa shape index (κ3) is 5.95. The molecule has 0 aliphatic rings. The van der Waals surface area contributed by atoms with Crippen molar-refractivity contribution in [1.29, 1.82) is 0 Å². The van der Waals surface area contributed by atoms with Crippen molar-refractivity contribution in [2.75, 3.05) is 0 Å². The van der Waals surface area contributed by atoms with E-state index >= 15 is 4.39 Å². The van der Waals surface area contributed by atoms with Crippen molar-refractivity contribution in [3.63, 3.8) is 0 Å². The molecule has 3 N–H and O–H groups in total. The molecule has 3 rings (SSSR count). The molecule has 3 aromatic carbocycles. The minimum Gasteiger partial charge on any atom is -0.489 e. The zero-order chi connectivity index (χ0) is 23.3. The Morgan fingerprint density at radius 3 is 2.44 bits per heavy atom. The van der Waals surface area contributed by atoms with Gasteiger partial charge in [-0.2, -0.15) is 0 Å². The summed E-state index contributed by atoms with van der Waals surface area (Å²) < 4.78 is 21.2. The first kappa shape index (κ1) is 23.5. The van der Waals surface area contributed by atoms with Crippen molar-refractivity contribution in [1.82, 2.24) is 0 Å². The molecule has 0 aliphatic heterocycles. The third-order valence-electron chi connectivity index (χ3n) is 5.24. The lowest BCUT2D eigenvalue weighted by atomic mass is 9.93. The molecule has 0 spiro atoms. The average Bonchev–Trinajstić information content (AvgIpc) is 2.72. The second-order valence-corrected chi connectivity index (χ2v) is 8.60. The van der Waals surface area contributed by atoms with Crippen molar-refractivity contribution >= 4 is 5.97 Å². The highest BCUT2D eigenvalue weighted by Crippen LogP contribution is 2.30. The van der Waals surface area contributed by atoms with Gasteiger partial charge < -0.3 is 15.6 Å². The number of para-hydroxylation sites is 1. The smallest absolute Gasteiger partial charge is 0.307 e. The first-order chi connectivity index (χ1) is 15.2. The lowest BCUT2D eigenvalue weighted by molar-refractivity contribution is -0.136. The fourth-order valence-corrected chi connectivity index (χ4v) is 3.83. The second-order valence-electron chi connectivity index (χ2n) is 8.60. The minimum atomic E-state index is -0.910. The van der Waals surface area contributed by atoms with Gasteiger partial charge in [-0.25, -0.2) is 4.39 Å². The highest BCUT2D eigenvalue weighted by Gasteiger charge is 2.15. The Bertz CT molecular complexity index is 1090. The van der Waals surface area contributed by atoms with Gasteiger partial charge in [0, 0.05) is 22.7 Å². The van der Waals surface area contributed by atoms with Crippen LogP contribution in [0.25, 0.3) is 11.1 Å². The SMILES string of the molecule is CC(C)Cc1cc(COc2ccccc2CC(=O)O)cc(-c2cccc([C@@H](C)N)c2F)c1. The van der Waals surface area contributed by atoms with Crippen LogP contribution in [0.1, 0.15) is 49.1 Å². The minimum absolute atomic E-state index is 0.107. The highest BCUT2D eigenvalue weighted by molar-refractivity contribution is 5.71. The van der Waals surface area contributed by atoms with E-state index in [-0.39, 0.29) is 18.8 Å². The summed E-state index contributed by atoms with van der Waals surface area (Å²) >= 11 is 0. The molecule has 32 heavy (non-hydrogen) atoms. The van der Waals surface area contributed by atoms with Gasteiger partial charge in [-0.05, 0) is 48.1 Å².